The van der Waals surface area contributed by atoms with Crippen molar-refractivity contribution in [1.29, 1.82) is 0 Å². The van der Waals surface area contributed by atoms with E-state index in [0.29, 0.717) is 12.2 Å². The van der Waals surface area contributed by atoms with Gasteiger partial charge in [-0.2, -0.15) is 0 Å². The number of carbonyl (C=O) groups excluding carboxylic acids is 1. The Bertz CT molecular complexity index is 910. The van der Waals surface area contributed by atoms with Crippen molar-refractivity contribution in [3.8, 4) is 5.75 Å². The monoisotopic (exact) mass is 352 g/mol. The molecule has 1 N–H and O–H groups in total. The van der Waals surface area contributed by atoms with E-state index in [1.54, 1.807) is 19.2 Å². The van der Waals surface area contributed by atoms with Crippen LogP contribution >= 0.6 is 0 Å². The van der Waals surface area contributed by atoms with Crippen molar-refractivity contribution in [2.45, 2.75) is 6.54 Å². The number of carbonyl (C=O) groups is 1. The Kier molecular flexibility index (Phi) is 5.49. The van der Waals surface area contributed by atoms with Gasteiger partial charge in [0.25, 0.3) is 0 Å². The van der Waals surface area contributed by atoms with E-state index in [0.717, 1.165) is 22.1 Å². The summed E-state index contributed by atoms with van der Waals surface area (Å²) in [7, 11) is 3.55. The quantitative estimate of drug-likeness (QED) is 0.727. The van der Waals surface area contributed by atoms with E-state index in [2.05, 4.69) is 23.5 Å². The Balaban J connectivity index is 1.60. The Hall–Kier alpha value is -2.92. The van der Waals surface area contributed by atoms with E-state index in [1.165, 1.54) is 12.1 Å². The molecule has 0 aliphatic heterocycles. The zero-order valence-electron chi connectivity index (χ0n) is 14.8. The van der Waals surface area contributed by atoms with Gasteiger partial charge in [-0.3, -0.25) is 9.69 Å². The van der Waals surface area contributed by atoms with Gasteiger partial charge in [-0.15, -0.1) is 0 Å². The Labute approximate surface area is 152 Å². The lowest BCUT2D eigenvalue weighted by atomic mass is 10.1. The number of likely N-dealkylation sites (N-methyl/N-ethyl adjacent to an activating group) is 1. The van der Waals surface area contributed by atoms with Crippen LogP contribution in [0.1, 0.15) is 5.56 Å². The third-order valence-electron chi connectivity index (χ3n) is 4.11. The molecule has 1 amide bonds. The smallest absolute Gasteiger partial charge is 0.238 e. The number of nitrogens with one attached hydrogen (secondary N) is 1. The van der Waals surface area contributed by atoms with Gasteiger partial charge in [0.05, 0.1) is 13.7 Å². The van der Waals surface area contributed by atoms with Crippen molar-refractivity contribution in [1.82, 2.24) is 4.90 Å². The first kappa shape index (κ1) is 17.9. The number of hydrogen-bond acceptors (Lipinski definition) is 3. The molecular formula is C21H21FN2O2. The molecule has 0 unspecified atom stereocenters. The Morgan fingerprint density at radius 1 is 1.04 bits per heavy atom. The molecule has 3 aromatic carbocycles. The molecule has 0 saturated heterocycles. The molecule has 0 aliphatic rings. The molecule has 0 fully saturated rings. The van der Waals surface area contributed by atoms with Crippen molar-refractivity contribution in [2.75, 3.05) is 26.0 Å². The topological polar surface area (TPSA) is 41.6 Å². The summed E-state index contributed by atoms with van der Waals surface area (Å²) in [6.07, 6.45) is 0. The van der Waals surface area contributed by atoms with Crippen LogP contribution in [0.25, 0.3) is 10.8 Å². The van der Waals surface area contributed by atoms with Crippen LogP contribution in [0, 0.1) is 5.82 Å². The lowest BCUT2D eigenvalue weighted by molar-refractivity contribution is -0.117. The Morgan fingerprint density at radius 3 is 2.46 bits per heavy atom. The minimum Gasteiger partial charge on any atom is -0.497 e. The number of hydrogen-bond donors (Lipinski definition) is 1. The fourth-order valence-corrected chi connectivity index (χ4v) is 2.85. The van der Waals surface area contributed by atoms with Crippen molar-refractivity contribution in [3.05, 3.63) is 72.0 Å². The summed E-state index contributed by atoms with van der Waals surface area (Å²) in [5, 5.41) is 5.01. The van der Waals surface area contributed by atoms with Gasteiger partial charge in [0.15, 0.2) is 0 Å². The van der Waals surface area contributed by atoms with Crippen LogP contribution in [0.15, 0.2) is 60.7 Å². The molecule has 134 valence electrons. The molecule has 4 nitrogen and oxygen atoms in total. The molecule has 0 aromatic heterocycles. The van der Waals surface area contributed by atoms with Gasteiger partial charge in [0.1, 0.15) is 11.6 Å². The largest absolute Gasteiger partial charge is 0.497 e. The summed E-state index contributed by atoms with van der Waals surface area (Å²) in [6, 6.07) is 17.9. The molecule has 0 atom stereocenters. The van der Waals surface area contributed by atoms with Crippen LogP contribution in [0.4, 0.5) is 10.1 Å². The number of ether oxygens (including phenoxy) is 1. The zero-order chi connectivity index (χ0) is 18.5. The summed E-state index contributed by atoms with van der Waals surface area (Å²) in [5.41, 5.74) is 1.71. The number of anilines is 1. The summed E-state index contributed by atoms with van der Waals surface area (Å²) < 4.78 is 18.1. The van der Waals surface area contributed by atoms with Gasteiger partial charge in [-0.25, -0.2) is 4.39 Å². The number of amides is 1. The van der Waals surface area contributed by atoms with E-state index in [1.807, 2.05) is 30.1 Å². The van der Waals surface area contributed by atoms with Gasteiger partial charge < -0.3 is 10.1 Å². The number of fused-ring (bicyclic) bond motifs is 1. The highest BCUT2D eigenvalue weighted by atomic mass is 19.1. The SMILES string of the molecule is COc1ccc2cc(CN(C)CC(=O)Nc3ccc(F)cc3)ccc2c1. The predicted octanol–water partition coefficient (Wildman–Crippen LogP) is 4.06. The molecule has 0 spiro atoms. The first-order valence-electron chi connectivity index (χ1n) is 8.34. The maximum atomic E-state index is 12.9. The second-order valence-electron chi connectivity index (χ2n) is 6.27. The van der Waals surface area contributed by atoms with E-state index in [9.17, 15) is 9.18 Å². The first-order chi connectivity index (χ1) is 12.5. The average Bonchev–Trinajstić information content (AvgIpc) is 2.63. The van der Waals surface area contributed by atoms with Gasteiger partial charge in [0.2, 0.25) is 5.91 Å². The van der Waals surface area contributed by atoms with Crippen LogP contribution in [0.5, 0.6) is 5.75 Å². The van der Waals surface area contributed by atoms with Crippen LogP contribution in [0.3, 0.4) is 0 Å². The van der Waals surface area contributed by atoms with Gasteiger partial charge in [0, 0.05) is 12.2 Å². The highest BCUT2D eigenvalue weighted by Crippen LogP contribution is 2.22. The predicted molar refractivity (Wildman–Crippen MR) is 102 cm³/mol. The molecule has 0 heterocycles. The summed E-state index contributed by atoms with van der Waals surface area (Å²) in [5.74, 6) is 0.374. The number of halogens is 1. The molecule has 0 radical (unpaired) electrons. The standard InChI is InChI=1S/C21H21FN2O2/c1-24(14-21(25)23-19-8-6-18(22)7-9-19)13-15-3-4-17-12-20(26-2)10-5-16(17)11-15/h3-12H,13-14H2,1-2H3,(H,23,25). The average molecular weight is 352 g/mol. The molecule has 3 rings (SSSR count). The van der Waals surface area contributed by atoms with Gasteiger partial charge in [-0.1, -0.05) is 18.2 Å². The summed E-state index contributed by atoms with van der Waals surface area (Å²) in [6.45, 7) is 0.900. The number of methoxy groups -OCH3 is 1. The first-order valence-corrected chi connectivity index (χ1v) is 8.34. The molecule has 0 aliphatic carbocycles. The zero-order valence-corrected chi connectivity index (χ0v) is 14.8. The van der Waals surface area contributed by atoms with Gasteiger partial charge in [-0.05, 0) is 65.8 Å². The van der Waals surface area contributed by atoms with E-state index < -0.39 is 0 Å². The van der Waals surface area contributed by atoms with Crippen LogP contribution < -0.4 is 10.1 Å². The fraction of sp³-hybridized carbons (Fsp3) is 0.190. The number of benzene rings is 3. The second-order valence-corrected chi connectivity index (χ2v) is 6.27. The van der Waals surface area contributed by atoms with Crippen molar-refractivity contribution in [3.63, 3.8) is 0 Å². The van der Waals surface area contributed by atoms with Gasteiger partial charge >= 0.3 is 0 Å². The third kappa shape index (κ3) is 4.58. The lowest BCUT2D eigenvalue weighted by Crippen LogP contribution is -2.29. The molecule has 26 heavy (non-hydrogen) atoms. The highest BCUT2D eigenvalue weighted by Gasteiger charge is 2.08. The van der Waals surface area contributed by atoms with E-state index in [-0.39, 0.29) is 18.3 Å². The summed E-state index contributed by atoms with van der Waals surface area (Å²) >= 11 is 0. The summed E-state index contributed by atoms with van der Waals surface area (Å²) in [4.78, 5) is 14.1. The van der Waals surface area contributed by atoms with Crippen molar-refractivity contribution in [2.24, 2.45) is 0 Å². The lowest BCUT2D eigenvalue weighted by Gasteiger charge is -2.17. The molecule has 5 heteroatoms. The molecule has 0 saturated carbocycles. The maximum absolute atomic E-state index is 12.9. The fourth-order valence-electron chi connectivity index (χ4n) is 2.85. The van der Waals surface area contributed by atoms with Crippen molar-refractivity contribution >= 4 is 22.4 Å². The van der Waals surface area contributed by atoms with Crippen LogP contribution in [-0.2, 0) is 11.3 Å². The van der Waals surface area contributed by atoms with Crippen LogP contribution in [-0.4, -0.2) is 31.5 Å². The van der Waals surface area contributed by atoms with E-state index in [4.69, 9.17) is 4.74 Å². The normalized spacial score (nSPS) is 10.9. The highest BCUT2D eigenvalue weighted by molar-refractivity contribution is 5.92. The molecule has 3 aromatic rings. The number of rotatable bonds is 6. The number of nitrogens with zero attached hydrogens (tertiary/aromatic N) is 1. The molecular weight excluding hydrogens is 331 g/mol. The second kappa shape index (κ2) is 7.97. The maximum Gasteiger partial charge on any atom is 0.238 e. The van der Waals surface area contributed by atoms with E-state index >= 15 is 0 Å². The van der Waals surface area contributed by atoms with Crippen LogP contribution in [0.2, 0.25) is 0 Å². The van der Waals surface area contributed by atoms with Crippen molar-refractivity contribution < 1.29 is 13.9 Å². The minimum absolute atomic E-state index is 0.135. The third-order valence-corrected chi connectivity index (χ3v) is 4.11. The minimum atomic E-state index is -0.325. The Morgan fingerprint density at radius 2 is 1.73 bits per heavy atom. The molecule has 0 bridgehead atoms.